The van der Waals surface area contributed by atoms with Crippen LogP contribution in [0, 0.1) is 0 Å². The van der Waals surface area contributed by atoms with Crippen molar-refractivity contribution in [3.05, 3.63) is 236 Å². The minimum absolute atomic E-state index is 0.772. The minimum atomic E-state index is 0.772. The molecule has 4 aromatic heterocycles. The Morgan fingerprint density at radius 1 is 0.333 bits per heavy atom. The molecule has 0 saturated carbocycles. The number of rotatable bonds is 7. The fourth-order valence-corrected chi connectivity index (χ4v) is 9.66. The van der Waals surface area contributed by atoms with Gasteiger partial charge in [0.1, 0.15) is 0 Å². The topological polar surface area (TPSA) is 35.6 Å². The van der Waals surface area contributed by atoms with Crippen molar-refractivity contribution in [1.82, 2.24) is 19.1 Å². The zero-order valence-corrected chi connectivity index (χ0v) is 34.4. The van der Waals surface area contributed by atoms with Crippen molar-refractivity contribution in [2.24, 2.45) is 0 Å². The van der Waals surface area contributed by atoms with E-state index in [2.05, 4.69) is 228 Å². The third kappa shape index (κ3) is 6.14. The van der Waals surface area contributed by atoms with Crippen molar-refractivity contribution >= 4 is 54.9 Å². The van der Waals surface area contributed by atoms with Gasteiger partial charge in [0.2, 0.25) is 0 Å². The van der Waals surface area contributed by atoms with E-state index in [1.54, 1.807) is 0 Å². The summed E-state index contributed by atoms with van der Waals surface area (Å²) in [7, 11) is 0. The van der Waals surface area contributed by atoms with Crippen LogP contribution in [0.25, 0.3) is 105 Å². The van der Waals surface area contributed by atoms with E-state index < -0.39 is 0 Å². The Morgan fingerprint density at radius 2 is 0.794 bits per heavy atom. The van der Waals surface area contributed by atoms with E-state index in [0.717, 1.165) is 56.9 Å². The van der Waals surface area contributed by atoms with Crippen molar-refractivity contribution in [3.63, 3.8) is 0 Å². The van der Waals surface area contributed by atoms with Crippen LogP contribution in [0.1, 0.15) is 12.0 Å². The zero-order chi connectivity index (χ0) is 41.7. The Kier molecular flexibility index (Phi) is 8.86. The lowest BCUT2D eigenvalue weighted by Crippen LogP contribution is -1.99. The fourth-order valence-electron chi connectivity index (χ4n) is 9.66. The summed E-state index contributed by atoms with van der Waals surface area (Å²) in [6.45, 7) is 0. The molecule has 0 radical (unpaired) electrons. The molecule has 7 aromatic carbocycles. The van der Waals surface area contributed by atoms with E-state index in [1.807, 2.05) is 12.4 Å². The molecule has 0 fully saturated rings. The van der Waals surface area contributed by atoms with E-state index in [4.69, 9.17) is 9.97 Å². The SMILES string of the molecule is C1=CC(n2c3c(-c4ccccc4)cccc3c3ccnc(-c4ccccc4)c32)=CCC=C1c1ccc(-n2c3c(-c4ccccc4)cccc3c3ccnc(-c4ccccc4)c32)cc1. The summed E-state index contributed by atoms with van der Waals surface area (Å²) >= 11 is 0. The second kappa shape index (κ2) is 15.3. The highest BCUT2D eigenvalue weighted by Crippen LogP contribution is 2.43. The third-order valence-electron chi connectivity index (χ3n) is 12.5. The first kappa shape index (κ1) is 36.5. The molecule has 4 heteroatoms. The van der Waals surface area contributed by atoms with E-state index in [-0.39, 0.29) is 0 Å². The number of hydrogen-bond acceptors (Lipinski definition) is 2. The van der Waals surface area contributed by atoms with Crippen LogP contribution < -0.4 is 0 Å². The first-order valence-corrected chi connectivity index (χ1v) is 21.6. The molecule has 0 spiro atoms. The largest absolute Gasteiger partial charge is 0.307 e. The summed E-state index contributed by atoms with van der Waals surface area (Å²) < 4.78 is 4.87. The molecule has 1 aliphatic carbocycles. The number of fused-ring (bicyclic) bond motifs is 6. The number of para-hydroxylation sites is 2. The predicted octanol–water partition coefficient (Wildman–Crippen LogP) is 15.2. The summed E-state index contributed by atoms with van der Waals surface area (Å²) in [5.74, 6) is 0. The summed E-state index contributed by atoms with van der Waals surface area (Å²) in [4.78, 5) is 10.1. The van der Waals surface area contributed by atoms with Gasteiger partial charge in [-0.1, -0.05) is 188 Å². The molecule has 0 N–H and O–H groups in total. The lowest BCUT2D eigenvalue weighted by Gasteiger charge is -2.14. The van der Waals surface area contributed by atoms with Gasteiger partial charge in [0.15, 0.2) is 0 Å². The van der Waals surface area contributed by atoms with Gasteiger partial charge < -0.3 is 9.13 Å². The van der Waals surface area contributed by atoms with E-state index >= 15 is 0 Å². The number of aromatic nitrogens is 4. The molecule has 4 heterocycles. The molecule has 0 amide bonds. The standard InChI is InChI=1S/C59H40N4/c1-5-16-42(17-6-1)48-26-14-28-50-52-36-38-60-54(44-20-9-3-10-21-44)58(52)62(56(48)50)46-25-13-24-40(30-33-46)41-31-34-47(35-32-41)63-57-49(43-18-7-2-8-19-43)27-15-29-51(57)53-37-39-61-55(59(53)63)45-22-11-4-12-23-45/h1-12,14-39H,13H2. The Bertz CT molecular complexity index is 3400. The summed E-state index contributed by atoms with van der Waals surface area (Å²) in [5, 5.41) is 4.78. The molecular formula is C59H40N4. The van der Waals surface area contributed by atoms with Gasteiger partial charge in [-0.25, -0.2) is 0 Å². The van der Waals surface area contributed by atoms with Crippen LogP contribution in [0.4, 0.5) is 0 Å². The van der Waals surface area contributed by atoms with Gasteiger partial charge >= 0.3 is 0 Å². The van der Waals surface area contributed by atoms with Crippen molar-refractivity contribution in [2.75, 3.05) is 0 Å². The molecular weight excluding hydrogens is 765 g/mol. The Hall–Kier alpha value is -8.34. The summed E-state index contributed by atoms with van der Waals surface area (Å²) in [6.07, 6.45) is 13.9. The molecule has 0 bridgehead atoms. The maximum absolute atomic E-state index is 5.04. The smallest absolute Gasteiger partial charge is 0.0948 e. The summed E-state index contributed by atoms with van der Waals surface area (Å²) in [6, 6.07) is 69.2. The molecule has 12 rings (SSSR count). The van der Waals surface area contributed by atoms with Crippen LogP contribution in [0.2, 0.25) is 0 Å². The Balaban J connectivity index is 0.994. The van der Waals surface area contributed by atoms with E-state index in [0.29, 0.717) is 0 Å². The Labute approximate surface area is 365 Å². The quantitative estimate of drug-likeness (QED) is 0.161. The highest BCUT2D eigenvalue weighted by Gasteiger charge is 2.23. The second-order valence-electron chi connectivity index (χ2n) is 16.1. The average Bonchev–Trinajstić information content (AvgIpc) is 3.77. The van der Waals surface area contributed by atoms with Crippen LogP contribution in [-0.4, -0.2) is 19.1 Å². The van der Waals surface area contributed by atoms with Crippen molar-refractivity contribution in [2.45, 2.75) is 6.42 Å². The van der Waals surface area contributed by atoms with Crippen LogP contribution in [-0.2, 0) is 0 Å². The molecule has 63 heavy (non-hydrogen) atoms. The van der Waals surface area contributed by atoms with Gasteiger partial charge in [0.05, 0.1) is 33.5 Å². The number of hydrogen-bond donors (Lipinski definition) is 0. The van der Waals surface area contributed by atoms with Crippen LogP contribution in [0.3, 0.4) is 0 Å². The first-order valence-electron chi connectivity index (χ1n) is 21.6. The van der Waals surface area contributed by atoms with Gasteiger partial charge in [-0.05, 0) is 59.0 Å². The normalized spacial score (nSPS) is 12.8. The Morgan fingerprint density at radius 3 is 1.32 bits per heavy atom. The minimum Gasteiger partial charge on any atom is -0.307 e. The first-order chi connectivity index (χ1) is 31.3. The highest BCUT2D eigenvalue weighted by molar-refractivity contribution is 6.18. The second-order valence-corrected chi connectivity index (χ2v) is 16.1. The molecule has 4 nitrogen and oxygen atoms in total. The van der Waals surface area contributed by atoms with E-state index in [9.17, 15) is 0 Å². The van der Waals surface area contributed by atoms with Crippen molar-refractivity contribution in [3.8, 4) is 50.5 Å². The fraction of sp³-hybridized carbons (Fsp3) is 0.0169. The van der Waals surface area contributed by atoms with Crippen molar-refractivity contribution in [1.29, 1.82) is 0 Å². The molecule has 11 aromatic rings. The maximum atomic E-state index is 5.04. The molecule has 296 valence electrons. The molecule has 1 aliphatic rings. The maximum Gasteiger partial charge on any atom is 0.0948 e. The van der Waals surface area contributed by atoms with Gasteiger partial charge in [0, 0.05) is 67.6 Å². The van der Waals surface area contributed by atoms with Crippen LogP contribution in [0.15, 0.2) is 231 Å². The molecule has 0 atom stereocenters. The zero-order valence-electron chi connectivity index (χ0n) is 34.4. The number of pyridine rings is 2. The van der Waals surface area contributed by atoms with Crippen LogP contribution in [0.5, 0.6) is 0 Å². The monoisotopic (exact) mass is 804 g/mol. The molecule has 0 saturated heterocycles. The summed E-state index contributed by atoms with van der Waals surface area (Å²) in [5.41, 5.74) is 18.0. The lowest BCUT2D eigenvalue weighted by molar-refractivity contribution is 1.17. The number of benzene rings is 7. The highest BCUT2D eigenvalue weighted by atomic mass is 15.0. The van der Waals surface area contributed by atoms with E-state index in [1.165, 1.54) is 60.4 Å². The lowest BCUT2D eigenvalue weighted by atomic mass is 10.0. The van der Waals surface area contributed by atoms with Gasteiger partial charge in [-0.15, -0.1) is 0 Å². The third-order valence-corrected chi connectivity index (χ3v) is 12.5. The predicted molar refractivity (Wildman–Crippen MR) is 264 cm³/mol. The van der Waals surface area contributed by atoms with Gasteiger partial charge in [-0.3, -0.25) is 9.97 Å². The number of allylic oxidation sites excluding steroid dienone is 6. The molecule has 0 unspecified atom stereocenters. The van der Waals surface area contributed by atoms with Crippen LogP contribution >= 0.6 is 0 Å². The number of nitrogens with zero attached hydrogens (tertiary/aromatic N) is 4. The van der Waals surface area contributed by atoms with Gasteiger partial charge in [0.25, 0.3) is 0 Å². The molecule has 0 aliphatic heterocycles. The van der Waals surface area contributed by atoms with Gasteiger partial charge in [-0.2, -0.15) is 0 Å². The van der Waals surface area contributed by atoms with Crippen molar-refractivity contribution < 1.29 is 0 Å². The average molecular weight is 805 g/mol.